The molecule has 4 fully saturated rings. The number of hydrogen-bond acceptors (Lipinski definition) is 10. The summed E-state index contributed by atoms with van der Waals surface area (Å²) in [6.45, 7) is 6.93. The maximum absolute atomic E-state index is 13.0. The van der Waals surface area contributed by atoms with Crippen molar-refractivity contribution in [1.29, 1.82) is 0 Å². The molecule has 6 N–H and O–H groups in total. The highest BCUT2D eigenvalue weighted by molar-refractivity contribution is 5.87. The number of ether oxygens (including phenoxy) is 1. The number of hydrazine groups is 2. The average molecular weight is 492 g/mol. The van der Waals surface area contributed by atoms with Crippen molar-refractivity contribution in [2.75, 3.05) is 19.7 Å². The standard InChI is InChI=1S/C14H24N6O9.C4H8O/c1-4-15-6(21)8(23)17(11(15)26)19-10(25)14(3,29)20(13(19)28)18-9(24)7(22)16(5-2)12(18)27;1-4-2-3-5-4/h6-10,21-25,29H,4-5H2,1-3H3;4H,2-3H2,1H3. The van der Waals surface area contributed by atoms with Gasteiger partial charge in [0.15, 0.2) is 24.9 Å². The molecule has 7 unspecified atom stereocenters. The molecule has 4 rings (SSSR count). The molecule has 0 radical (unpaired) electrons. The number of hydrogen-bond donors (Lipinski definition) is 6. The van der Waals surface area contributed by atoms with Gasteiger partial charge in [0.1, 0.15) is 0 Å². The molecular formula is C18H32N6O10. The summed E-state index contributed by atoms with van der Waals surface area (Å²) in [6, 6.07) is -3.45. The first-order chi connectivity index (χ1) is 15.8. The zero-order chi connectivity index (χ0) is 25.7. The summed E-state index contributed by atoms with van der Waals surface area (Å²) in [6.07, 6.45) is -7.74. The van der Waals surface area contributed by atoms with Crippen LogP contribution in [-0.4, -0.2) is 141 Å². The van der Waals surface area contributed by atoms with Crippen LogP contribution >= 0.6 is 0 Å². The van der Waals surface area contributed by atoms with Crippen molar-refractivity contribution in [3.8, 4) is 0 Å². The first-order valence-corrected chi connectivity index (χ1v) is 10.9. The number of likely N-dealkylation sites (N-methyl/N-ethyl adjacent to an activating group) is 2. The summed E-state index contributed by atoms with van der Waals surface area (Å²) in [4.78, 5) is 39.7. The predicted molar refractivity (Wildman–Crippen MR) is 109 cm³/mol. The third-order valence-corrected chi connectivity index (χ3v) is 6.14. The van der Waals surface area contributed by atoms with Crippen LogP contribution in [0.5, 0.6) is 0 Å². The Labute approximate surface area is 195 Å². The molecule has 4 aliphatic heterocycles. The van der Waals surface area contributed by atoms with E-state index in [-0.39, 0.29) is 23.1 Å². The minimum absolute atomic E-state index is 0.0350. The zero-order valence-electron chi connectivity index (χ0n) is 19.3. The number of carbonyl (C=O) groups excluding carboxylic acids is 3. The summed E-state index contributed by atoms with van der Waals surface area (Å²) in [5, 5.41) is 63.0. The average Bonchev–Trinajstić information content (AvgIpc) is 3.17. The Morgan fingerprint density at radius 1 is 0.824 bits per heavy atom. The lowest BCUT2D eigenvalue weighted by Crippen LogP contribution is -2.60. The fourth-order valence-corrected chi connectivity index (χ4v) is 3.97. The Morgan fingerprint density at radius 2 is 1.24 bits per heavy atom. The van der Waals surface area contributed by atoms with Crippen LogP contribution in [0.1, 0.15) is 34.1 Å². The Kier molecular flexibility index (Phi) is 7.14. The molecule has 0 spiro atoms. The number of aliphatic hydroxyl groups is 6. The van der Waals surface area contributed by atoms with Gasteiger partial charge >= 0.3 is 18.1 Å². The van der Waals surface area contributed by atoms with Crippen LogP contribution in [0.25, 0.3) is 0 Å². The van der Waals surface area contributed by atoms with Gasteiger partial charge in [-0.05, 0) is 34.1 Å². The summed E-state index contributed by atoms with van der Waals surface area (Å²) in [5.41, 5.74) is -2.57. The van der Waals surface area contributed by atoms with E-state index in [0.29, 0.717) is 16.1 Å². The van der Waals surface area contributed by atoms with Crippen molar-refractivity contribution in [3.05, 3.63) is 0 Å². The van der Waals surface area contributed by atoms with E-state index in [0.717, 1.165) is 23.3 Å². The predicted octanol–water partition coefficient (Wildman–Crippen LogP) is -2.84. The molecule has 16 nitrogen and oxygen atoms in total. The number of aliphatic hydroxyl groups excluding tert-OH is 5. The fraction of sp³-hybridized carbons (Fsp3) is 0.833. The van der Waals surface area contributed by atoms with Gasteiger partial charge in [-0.3, -0.25) is 9.80 Å². The molecule has 34 heavy (non-hydrogen) atoms. The summed E-state index contributed by atoms with van der Waals surface area (Å²) >= 11 is 0. The molecule has 4 saturated heterocycles. The molecule has 7 atom stereocenters. The van der Waals surface area contributed by atoms with E-state index in [1.807, 2.05) is 0 Å². The second-order valence-corrected chi connectivity index (χ2v) is 8.36. The molecule has 0 saturated carbocycles. The molecule has 0 aromatic carbocycles. The monoisotopic (exact) mass is 492 g/mol. The Balaban J connectivity index is 0.000000574. The molecule has 6 amide bonds. The molecular weight excluding hydrogens is 460 g/mol. The van der Waals surface area contributed by atoms with Crippen molar-refractivity contribution in [1.82, 2.24) is 29.8 Å². The van der Waals surface area contributed by atoms with Crippen LogP contribution in [0.4, 0.5) is 14.4 Å². The largest absolute Gasteiger partial charge is 0.378 e. The highest BCUT2D eigenvalue weighted by atomic mass is 16.5. The van der Waals surface area contributed by atoms with Gasteiger partial charge < -0.3 is 35.4 Å². The van der Waals surface area contributed by atoms with Crippen molar-refractivity contribution in [3.63, 3.8) is 0 Å². The SMILES string of the molecule is CC1CCO1.CCN1C(=O)N(N2C(=O)N(N3C(=O)N(CC)C(O)C3O)C(C)(O)C2O)C(O)C1O. The highest BCUT2D eigenvalue weighted by Crippen LogP contribution is 2.38. The summed E-state index contributed by atoms with van der Waals surface area (Å²) in [7, 11) is 0. The number of amides is 6. The zero-order valence-corrected chi connectivity index (χ0v) is 19.3. The lowest BCUT2D eigenvalue weighted by Gasteiger charge is -2.36. The van der Waals surface area contributed by atoms with Crippen molar-refractivity contribution in [2.24, 2.45) is 0 Å². The number of nitrogens with zero attached hydrogens (tertiary/aromatic N) is 6. The van der Waals surface area contributed by atoms with Crippen molar-refractivity contribution >= 4 is 18.1 Å². The van der Waals surface area contributed by atoms with Crippen LogP contribution < -0.4 is 0 Å². The smallest absolute Gasteiger partial charge is 0.363 e. The number of carbonyl (C=O) groups is 3. The Bertz CT molecular complexity index is 812. The lowest BCUT2D eigenvalue weighted by molar-refractivity contribution is -0.233. The molecule has 0 aliphatic carbocycles. The van der Waals surface area contributed by atoms with Gasteiger partial charge in [0.05, 0.1) is 6.10 Å². The first kappa shape index (κ1) is 26.1. The van der Waals surface area contributed by atoms with E-state index in [1.54, 1.807) is 0 Å². The molecule has 0 aromatic heterocycles. The molecule has 4 heterocycles. The molecule has 16 heteroatoms. The minimum atomic E-state index is -2.57. The third-order valence-electron chi connectivity index (χ3n) is 6.14. The lowest BCUT2D eigenvalue weighted by atomic mass is 10.2. The normalized spacial score (nSPS) is 38.1. The van der Waals surface area contributed by atoms with Gasteiger partial charge in [0.25, 0.3) is 0 Å². The van der Waals surface area contributed by atoms with Gasteiger partial charge in [0, 0.05) is 19.7 Å². The second-order valence-electron chi connectivity index (χ2n) is 8.36. The number of rotatable bonds is 4. The van der Waals surface area contributed by atoms with Gasteiger partial charge in [-0.1, -0.05) is 0 Å². The second kappa shape index (κ2) is 9.29. The summed E-state index contributed by atoms with van der Waals surface area (Å²) in [5.74, 6) is 0. The molecule has 0 aromatic rings. The topological polar surface area (TPSA) is 201 Å². The van der Waals surface area contributed by atoms with E-state index in [9.17, 15) is 45.0 Å². The highest BCUT2D eigenvalue weighted by Gasteiger charge is 2.65. The number of urea groups is 3. The van der Waals surface area contributed by atoms with E-state index >= 15 is 0 Å². The third kappa shape index (κ3) is 3.80. The maximum Gasteiger partial charge on any atom is 0.363 e. The van der Waals surface area contributed by atoms with Crippen molar-refractivity contribution < 1.29 is 49.8 Å². The van der Waals surface area contributed by atoms with Crippen LogP contribution in [0.2, 0.25) is 0 Å². The maximum atomic E-state index is 13.0. The quantitative estimate of drug-likeness (QED) is 0.237. The fourth-order valence-electron chi connectivity index (χ4n) is 3.97. The van der Waals surface area contributed by atoms with Gasteiger partial charge in [0.2, 0.25) is 12.0 Å². The van der Waals surface area contributed by atoms with E-state index < -0.39 is 55.0 Å². The van der Waals surface area contributed by atoms with Crippen molar-refractivity contribution in [2.45, 2.75) is 77.1 Å². The van der Waals surface area contributed by atoms with Gasteiger partial charge in [-0.15, -0.1) is 0 Å². The Hall–Kier alpha value is -2.47. The van der Waals surface area contributed by atoms with Gasteiger partial charge in [-0.25, -0.2) is 14.4 Å². The minimum Gasteiger partial charge on any atom is -0.378 e. The van der Waals surface area contributed by atoms with E-state index in [4.69, 9.17) is 4.74 Å². The van der Waals surface area contributed by atoms with Gasteiger partial charge in [-0.2, -0.15) is 20.0 Å². The molecule has 194 valence electrons. The van der Waals surface area contributed by atoms with E-state index in [2.05, 4.69) is 6.92 Å². The molecule has 0 bridgehead atoms. The molecule has 4 aliphatic rings. The van der Waals surface area contributed by atoms with Crippen LogP contribution in [0.15, 0.2) is 0 Å². The Morgan fingerprint density at radius 3 is 1.59 bits per heavy atom. The summed E-state index contributed by atoms with van der Waals surface area (Å²) < 4.78 is 4.93. The van der Waals surface area contributed by atoms with E-state index in [1.165, 1.54) is 20.3 Å². The first-order valence-electron chi connectivity index (χ1n) is 10.9. The van der Waals surface area contributed by atoms with Crippen LogP contribution in [-0.2, 0) is 4.74 Å². The van der Waals surface area contributed by atoms with Crippen LogP contribution in [0.3, 0.4) is 0 Å². The van der Waals surface area contributed by atoms with Crippen LogP contribution in [0, 0.1) is 0 Å².